The van der Waals surface area contributed by atoms with E-state index < -0.39 is 0 Å². The van der Waals surface area contributed by atoms with Crippen molar-refractivity contribution in [3.8, 4) is 0 Å². The smallest absolute Gasteiger partial charge is 0.191 e. The maximum atomic E-state index is 6.02. The van der Waals surface area contributed by atoms with E-state index >= 15 is 0 Å². The molecule has 2 aliphatic heterocycles. The molecule has 0 saturated carbocycles. The van der Waals surface area contributed by atoms with E-state index in [1.165, 1.54) is 45.3 Å². The van der Waals surface area contributed by atoms with Gasteiger partial charge in [-0.05, 0) is 58.5 Å². The number of hydrogen-bond donors (Lipinski definition) is 1. The molecule has 0 aromatic heterocycles. The van der Waals surface area contributed by atoms with E-state index in [2.05, 4.69) is 28.6 Å². The molecule has 104 valence electrons. The van der Waals surface area contributed by atoms with Gasteiger partial charge in [0, 0.05) is 25.7 Å². The third-order valence-corrected chi connectivity index (χ3v) is 4.04. The first kappa shape index (κ1) is 13.7. The number of rotatable bonds is 3. The van der Waals surface area contributed by atoms with Gasteiger partial charge in [0.1, 0.15) is 0 Å². The lowest BCUT2D eigenvalue weighted by atomic mass is 9.96. The maximum Gasteiger partial charge on any atom is 0.191 e. The van der Waals surface area contributed by atoms with Crippen molar-refractivity contribution in [1.82, 2.24) is 9.80 Å². The molecule has 0 radical (unpaired) electrons. The lowest BCUT2D eigenvalue weighted by Crippen LogP contribution is -2.45. The van der Waals surface area contributed by atoms with Gasteiger partial charge in [-0.3, -0.25) is 4.99 Å². The normalized spacial score (nSPS) is 24.2. The summed E-state index contributed by atoms with van der Waals surface area (Å²) < 4.78 is 0. The van der Waals surface area contributed by atoms with Gasteiger partial charge in [-0.25, -0.2) is 0 Å². The van der Waals surface area contributed by atoms with Crippen LogP contribution in [0.2, 0.25) is 0 Å². The van der Waals surface area contributed by atoms with Crippen molar-refractivity contribution in [2.45, 2.75) is 45.6 Å². The summed E-state index contributed by atoms with van der Waals surface area (Å²) in [5.74, 6) is 1.61. The van der Waals surface area contributed by atoms with Gasteiger partial charge in [-0.15, -0.1) is 0 Å². The largest absolute Gasteiger partial charge is 0.370 e. The third kappa shape index (κ3) is 3.87. The van der Waals surface area contributed by atoms with Crippen LogP contribution in [0.1, 0.15) is 39.5 Å². The maximum absolute atomic E-state index is 6.02. The van der Waals surface area contributed by atoms with E-state index in [1.807, 2.05) is 0 Å². The minimum absolute atomic E-state index is 0.298. The fourth-order valence-electron chi connectivity index (χ4n) is 3.02. The summed E-state index contributed by atoms with van der Waals surface area (Å²) in [5.41, 5.74) is 6.02. The van der Waals surface area contributed by atoms with Crippen LogP contribution in [0.3, 0.4) is 0 Å². The van der Waals surface area contributed by atoms with Gasteiger partial charge in [0.15, 0.2) is 5.96 Å². The number of guanidine groups is 1. The highest BCUT2D eigenvalue weighted by molar-refractivity contribution is 5.78. The molecule has 2 saturated heterocycles. The Morgan fingerprint density at radius 1 is 1.17 bits per heavy atom. The second-order valence-corrected chi connectivity index (χ2v) is 6.02. The van der Waals surface area contributed by atoms with Gasteiger partial charge in [0.2, 0.25) is 0 Å². The zero-order chi connectivity index (χ0) is 13.0. The Kier molecular flexibility index (Phi) is 4.87. The summed E-state index contributed by atoms with van der Waals surface area (Å²) >= 11 is 0. The van der Waals surface area contributed by atoms with E-state index in [9.17, 15) is 0 Å². The number of likely N-dealkylation sites (tertiary alicyclic amines) is 2. The van der Waals surface area contributed by atoms with E-state index in [0.29, 0.717) is 6.04 Å². The molecule has 2 heterocycles. The zero-order valence-electron chi connectivity index (χ0n) is 11.9. The number of piperidine rings is 1. The van der Waals surface area contributed by atoms with Crippen LogP contribution in [0.25, 0.3) is 0 Å². The lowest BCUT2D eigenvalue weighted by Gasteiger charge is -2.34. The molecule has 4 nitrogen and oxygen atoms in total. The highest BCUT2D eigenvalue weighted by Crippen LogP contribution is 2.20. The first-order valence-corrected chi connectivity index (χ1v) is 7.45. The van der Waals surface area contributed by atoms with Crippen molar-refractivity contribution in [3.05, 3.63) is 0 Å². The molecule has 0 atom stereocenters. The van der Waals surface area contributed by atoms with Gasteiger partial charge in [-0.1, -0.05) is 0 Å². The second kappa shape index (κ2) is 6.41. The minimum Gasteiger partial charge on any atom is -0.370 e. The molecular weight excluding hydrogens is 224 g/mol. The fraction of sp³-hybridized carbons (Fsp3) is 0.929. The summed E-state index contributed by atoms with van der Waals surface area (Å²) in [4.78, 5) is 9.32. The van der Waals surface area contributed by atoms with Crippen LogP contribution in [0, 0.1) is 5.92 Å². The highest BCUT2D eigenvalue weighted by Gasteiger charge is 2.23. The summed E-state index contributed by atoms with van der Waals surface area (Å²) in [6.07, 6.45) is 5.33. The van der Waals surface area contributed by atoms with Crippen molar-refractivity contribution >= 4 is 5.96 Å². The number of nitrogens with two attached hydrogens (primary N) is 1. The topological polar surface area (TPSA) is 44.9 Å². The van der Waals surface area contributed by atoms with Crippen LogP contribution in [0.4, 0.5) is 0 Å². The monoisotopic (exact) mass is 252 g/mol. The Bertz CT molecular complexity index is 274. The van der Waals surface area contributed by atoms with Crippen LogP contribution in [0.15, 0.2) is 4.99 Å². The molecule has 0 amide bonds. The van der Waals surface area contributed by atoms with E-state index in [0.717, 1.165) is 25.0 Å². The first-order valence-electron chi connectivity index (χ1n) is 7.45. The predicted octanol–water partition coefficient (Wildman–Crippen LogP) is 1.52. The molecule has 0 spiro atoms. The average molecular weight is 252 g/mol. The van der Waals surface area contributed by atoms with Crippen LogP contribution in [-0.2, 0) is 0 Å². The molecule has 0 unspecified atom stereocenters. The summed E-state index contributed by atoms with van der Waals surface area (Å²) in [6.45, 7) is 10.3. The Labute approximate surface area is 111 Å². The van der Waals surface area contributed by atoms with Crippen LogP contribution < -0.4 is 5.73 Å². The summed E-state index contributed by atoms with van der Waals surface area (Å²) in [5, 5.41) is 0. The van der Waals surface area contributed by atoms with Crippen LogP contribution in [-0.4, -0.2) is 54.5 Å². The molecule has 2 N–H and O–H groups in total. The second-order valence-electron chi connectivity index (χ2n) is 6.02. The van der Waals surface area contributed by atoms with E-state index in [4.69, 9.17) is 5.73 Å². The SMILES string of the molecule is CC(C)N=C(N)N1CCC(CN2CCCC2)CC1. The van der Waals surface area contributed by atoms with Crippen molar-refractivity contribution in [3.63, 3.8) is 0 Å². The van der Waals surface area contributed by atoms with Crippen LogP contribution >= 0.6 is 0 Å². The number of hydrogen-bond acceptors (Lipinski definition) is 2. The van der Waals surface area contributed by atoms with Crippen molar-refractivity contribution in [1.29, 1.82) is 0 Å². The number of aliphatic imine (C=N–C) groups is 1. The summed E-state index contributed by atoms with van der Waals surface area (Å²) in [6, 6.07) is 0.298. The first-order chi connectivity index (χ1) is 8.65. The van der Waals surface area contributed by atoms with Crippen molar-refractivity contribution in [2.75, 3.05) is 32.7 Å². The lowest BCUT2D eigenvalue weighted by molar-refractivity contribution is 0.200. The van der Waals surface area contributed by atoms with E-state index in [1.54, 1.807) is 0 Å². The van der Waals surface area contributed by atoms with E-state index in [-0.39, 0.29) is 0 Å². The molecule has 2 rings (SSSR count). The quantitative estimate of drug-likeness (QED) is 0.612. The summed E-state index contributed by atoms with van der Waals surface area (Å²) in [7, 11) is 0. The Morgan fingerprint density at radius 2 is 1.78 bits per heavy atom. The van der Waals surface area contributed by atoms with Gasteiger partial charge in [-0.2, -0.15) is 0 Å². The molecule has 0 bridgehead atoms. The van der Waals surface area contributed by atoms with Gasteiger partial charge < -0.3 is 15.5 Å². The van der Waals surface area contributed by atoms with Crippen molar-refractivity contribution < 1.29 is 0 Å². The molecule has 0 aromatic carbocycles. The Morgan fingerprint density at radius 3 is 2.33 bits per heavy atom. The van der Waals surface area contributed by atoms with Gasteiger partial charge >= 0.3 is 0 Å². The Hall–Kier alpha value is -0.770. The average Bonchev–Trinajstić information content (AvgIpc) is 2.82. The van der Waals surface area contributed by atoms with Gasteiger partial charge in [0.05, 0.1) is 0 Å². The van der Waals surface area contributed by atoms with Crippen molar-refractivity contribution in [2.24, 2.45) is 16.6 Å². The van der Waals surface area contributed by atoms with Crippen LogP contribution in [0.5, 0.6) is 0 Å². The molecule has 2 fully saturated rings. The standard InChI is InChI=1S/C14H28N4/c1-12(2)16-14(15)18-9-5-13(6-10-18)11-17-7-3-4-8-17/h12-13H,3-11H2,1-2H3,(H2,15,16). The Balaban J connectivity index is 1.73. The molecule has 4 heteroatoms. The molecule has 0 aliphatic carbocycles. The minimum atomic E-state index is 0.298. The molecule has 2 aliphatic rings. The molecule has 18 heavy (non-hydrogen) atoms. The third-order valence-electron chi connectivity index (χ3n) is 4.04. The highest BCUT2D eigenvalue weighted by atomic mass is 15.3. The zero-order valence-corrected chi connectivity index (χ0v) is 11.9. The fourth-order valence-corrected chi connectivity index (χ4v) is 3.02. The molecule has 0 aromatic rings. The molecular formula is C14H28N4. The predicted molar refractivity (Wildman–Crippen MR) is 76.7 cm³/mol. The van der Waals surface area contributed by atoms with Gasteiger partial charge in [0.25, 0.3) is 0 Å². The number of nitrogens with zero attached hydrogens (tertiary/aromatic N) is 3.